The lowest BCUT2D eigenvalue weighted by Crippen LogP contribution is -2.38. The number of benzene rings is 1. The molecule has 1 aromatic carbocycles. The number of nitrogens with one attached hydrogen (secondary N) is 2. The molecule has 0 spiro atoms. The number of hydrogen-bond acceptors (Lipinski definition) is 4. The third-order valence-electron chi connectivity index (χ3n) is 5.21. The van der Waals surface area contributed by atoms with Gasteiger partial charge in [0.25, 0.3) is 0 Å². The molecule has 2 N–H and O–H groups in total. The third-order valence-corrected chi connectivity index (χ3v) is 5.21. The minimum absolute atomic E-state index is 0. The van der Waals surface area contributed by atoms with E-state index in [4.69, 9.17) is 4.74 Å². The van der Waals surface area contributed by atoms with E-state index in [1.165, 1.54) is 18.9 Å². The summed E-state index contributed by atoms with van der Waals surface area (Å²) in [4.78, 5) is 8.62. The number of hydrogen-bond donors (Lipinski definition) is 2. The van der Waals surface area contributed by atoms with Gasteiger partial charge in [0.2, 0.25) is 0 Å². The van der Waals surface area contributed by atoms with Gasteiger partial charge in [0.15, 0.2) is 23.3 Å². The molecule has 0 amide bonds. The first-order chi connectivity index (χ1) is 15.1. The van der Waals surface area contributed by atoms with Crippen LogP contribution in [-0.4, -0.2) is 34.4 Å². The van der Waals surface area contributed by atoms with E-state index in [0.29, 0.717) is 30.8 Å². The summed E-state index contributed by atoms with van der Waals surface area (Å²) in [6.07, 6.45) is 7.67. The highest BCUT2D eigenvalue weighted by Gasteiger charge is 2.22. The predicted molar refractivity (Wildman–Crippen MR) is 133 cm³/mol. The monoisotopic (exact) mass is 550 g/mol. The summed E-state index contributed by atoms with van der Waals surface area (Å²) in [6, 6.07) is 10.7. The molecule has 1 fully saturated rings. The second kappa shape index (κ2) is 11.3. The van der Waals surface area contributed by atoms with Crippen LogP contribution >= 0.6 is 24.0 Å². The Morgan fingerprint density at radius 2 is 2.12 bits per heavy atom. The first kappa shape index (κ1) is 24.0. The summed E-state index contributed by atoms with van der Waals surface area (Å²) in [5, 5.41) is 10.8. The average molecular weight is 550 g/mol. The van der Waals surface area contributed by atoms with Crippen LogP contribution in [-0.2, 0) is 6.54 Å². The lowest BCUT2D eigenvalue weighted by Gasteiger charge is -2.19. The van der Waals surface area contributed by atoms with Gasteiger partial charge in [-0.1, -0.05) is 6.07 Å². The van der Waals surface area contributed by atoms with Crippen molar-refractivity contribution >= 4 is 29.9 Å². The maximum Gasteiger partial charge on any atom is 0.191 e. The Morgan fingerprint density at radius 1 is 1.28 bits per heavy atom. The molecule has 1 saturated carbocycles. The number of ether oxygens (including phenoxy) is 1. The number of aromatic nitrogens is 3. The van der Waals surface area contributed by atoms with E-state index in [2.05, 4.69) is 25.7 Å². The molecular weight excluding hydrogens is 522 g/mol. The average Bonchev–Trinajstić information content (AvgIpc) is 3.45. The van der Waals surface area contributed by atoms with Crippen molar-refractivity contribution in [1.82, 2.24) is 25.4 Å². The maximum absolute atomic E-state index is 14.4. The first-order valence-corrected chi connectivity index (χ1v) is 10.5. The molecule has 1 unspecified atom stereocenters. The van der Waals surface area contributed by atoms with Gasteiger partial charge in [-0.2, -0.15) is 5.10 Å². The molecule has 1 atom stereocenters. The van der Waals surface area contributed by atoms with E-state index in [0.717, 1.165) is 16.9 Å². The molecule has 170 valence electrons. The topological polar surface area (TPSA) is 76.4 Å². The summed E-state index contributed by atoms with van der Waals surface area (Å²) in [5.41, 5.74) is 1.86. The highest BCUT2D eigenvalue weighted by molar-refractivity contribution is 14.0. The van der Waals surface area contributed by atoms with Gasteiger partial charge < -0.3 is 15.4 Å². The van der Waals surface area contributed by atoms with Crippen molar-refractivity contribution < 1.29 is 9.13 Å². The van der Waals surface area contributed by atoms with Crippen LogP contribution in [0.25, 0.3) is 5.82 Å². The van der Waals surface area contributed by atoms with E-state index >= 15 is 0 Å². The molecule has 32 heavy (non-hydrogen) atoms. The van der Waals surface area contributed by atoms with Crippen molar-refractivity contribution in [2.75, 3.05) is 13.7 Å². The Hall–Kier alpha value is -2.69. The molecule has 1 aliphatic rings. The molecule has 3 aromatic rings. The van der Waals surface area contributed by atoms with Crippen molar-refractivity contribution in [1.29, 1.82) is 0 Å². The largest absolute Gasteiger partial charge is 0.490 e. The lowest BCUT2D eigenvalue weighted by atomic mass is 10.1. The normalized spacial score (nSPS) is 14.4. The third kappa shape index (κ3) is 6.41. The Balaban J connectivity index is 0.00000289. The molecule has 2 heterocycles. The number of pyridine rings is 1. The number of nitrogens with zero attached hydrogens (tertiary/aromatic N) is 4. The van der Waals surface area contributed by atoms with E-state index in [1.54, 1.807) is 30.2 Å². The lowest BCUT2D eigenvalue weighted by molar-refractivity contribution is 0.285. The summed E-state index contributed by atoms with van der Waals surface area (Å²) >= 11 is 0. The van der Waals surface area contributed by atoms with Gasteiger partial charge in [-0.25, -0.2) is 14.1 Å². The fourth-order valence-corrected chi connectivity index (χ4v) is 3.16. The molecule has 4 rings (SSSR count). The standard InChI is InChI=1S/C23H27FN6O.HI/c1-16(19-6-7-21(20(24)13-19)31-15-17-4-5-17)29-23(25-2)27-14-18-8-10-26-22(12-18)30-11-3-9-28-30;/h3,6-13,16-17H,4-5,14-15H2,1-2H3,(H2,25,27,29);1H. The summed E-state index contributed by atoms with van der Waals surface area (Å²) in [7, 11) is 1.71. The van der Waals surface area contributed by atoms with Gasteiger partial charge in [0.05, 0.1) is 12.6 Å². The Labute approximate surface area is 204 Å². The van der Waals surface area contributed by atoms with Crippen LogP contribution in [0, 0.1) is 11.7 Å². The van der Waals surface area contributed by atoms with Crippen LogP contribution in [0.15, 0.2) is 60.0 Å². The zero-order chi connectivity index (χ0) is 21.6. The van der Waals surface area contributed by atoms with Crippen LogP contribution in [0.2, 0.25) is 0 Å². The van der Waals surface area contributed by atoms with Crippen molar-refractivity contribution in [3.05, 3.63) is 71.9 Å². The van der Waals surface area contributed by atoms with Crippen LogP contribution in [0.5, 0.6) is 5.75 Å². The number of halogens is 2. The van der Waals surface area contributed by atoms with Crippen LogP contribution in [0.3, 0.4) is 0 Å². The fraction of sp³-hybridized carbons (Fsp3) is 0.348. The Bertz CT molecular complexity index is 1040. The molecule has 9 heteroatoms. The molecule has 0 aliphatic heterocycles. The minimum Gasteiger partial charge on any atom is -0.490 e. The van der Waals surface area contributed by atoms with Crippen LogP contribution in [0.1, 0.15) is 36.9 Å². The van der Waals surface area contributed by atoms with Gasteiger partial charge in [0.1, 0.15) is 0 Å². The van der Waals surface area contributed by atoms with Crippen molar-refractivity contribution in [2.45, 2.75) is 32.4 Å². The SMILES string of the molecule is CN=C(NCc1ccnc(-n2cccn2)c1)NC(C)c1ccc(OCC2CC2)c(F)c1.I. The van der Waals surface area contributed by atoms with Gasteiger partial charge in [0, 0.05) is 32.2 Å². The van der Waals surface area contributed by atoms with E-state index < -0.39 is 0 Å². The number of rotatable bonds is 8. The maximum atomic E-state index is 14.4. The molecule has 7 nitrogen and oxygen atoms in total. The van der Waals surface area contributed by atoms with Crippen molar-refractivity contribution in [3.63, 3.8) is 0 Å². The molecule has 0 radical (unpaired) electrons. The molecule has 2 aromatic heterocycles. The summed E-state index contributed by atoms with van der Waals surface area (Å²) in [6.45, 7) is 3.12. The van der Waals surface area contributed by atoms with Gasteiger partial charge in [-0.3, -0.25) is 4.99 Å². The predicted octanol–water partition coefficient (Wildman–Crippen LogP) is 4.24. The zero-order valence-electron chi connectivity index (χ0n) is 18.2. The van der Waals surface area contributed by atoms with Crippen molar-refractivity contribution in [2.24, 2.45) is 10.9 Å². The van der Waals surface area contributed by atoms with E-state index in [9.17, 15) is 4.39 Å². The highest BCUT2D eigenvalue weighted by atomic mass is 127. The van der Waals surface area contributed by atoms with Gasteiger partial charge >= 0.3 is 0 Å². The highest BCUT2D eigenvalue weighted by Crippen LogP contribution is 2.30. The quantitative estimate of drug-likeness (QED) is 0.250. The molecule has 1 aliphatic carbocycles. The summed E-state index contributed by atoms with van der Waals surface area (Å²) in [5.74, 6) is 1.94. The minimum atomic E-state index is -0.335. The first-order valence-electron chi connectivity index (χ1n) is 10.5. The number of aliphatic imine (C=N–C) groups is 1. The second-order valence-electron chi connectivity index (χ2n) is 7.71. The molecule has 0 bridgehead atoms. The van der Waals surface area contributed by atoms with Crippen LogP contribution < -0.4 is 15.4 Å². The molecule has 0 saturated heterocycles. The zero-order valence-corrected chi connectivity index (χ0v) is 20.5. The van der Waals surface area contributed by atoms with E-state index in [1.807, 2.05) is 37.4 Å². The van der Waals surface area contributed by atoms with E-state index in [-0.39, 0.29) is 35.8 Å². The van der Waals surface area contributed by atoms with Gasteiger partial charge in [-0.15, -0.1) is 24.0 Å². The van der Waals surface area contributed by atoms with Gasteiger partial charge in [-0.05, 0) is 67.1 Å². The summed E-state index contributed by atoms with van der Waals surface area (Å²) < 4.78 is 21.7. The number of guanidine groups is 1. The second-order valence-corrected chi connectivity index (χ2v) is 7.71. The smallest absolute Gasteiger partial charge is 0.191 e. The molecular formula is C23H28FIN6O. The van der Waals surface area contributed by atoms with Crippen LogP contribution in [0.4, 0.5) is 4.39 Å². The Morgan fingerprint density at radius 3 is 2.81 bits per heavy atom. The Kier molecular flexibility index (Phi) is 8.43. The van der Waals surface area contributed by atoms with Crippen molar-refractivity contribution in [3.8, 4) is 11.6 Å². The fourth-order valence-electron chi connectivity index (χ4n) is 3.16.